The molecule has 1 aromatic rings. The summed E-state index contributed by atoms with van der Waals surface area (Å²) in [5.74, 6) is -2.09. The van der Waals surface area contributed by atoms with Crippen LogP contribution in [-0.2, 0) is 19.1 Å². The molecule has 0 radical (unpaired) electrons. The van der Waals surface area contributed by atoms with Crippen molar-refractivity contribution in [3.05, 3.63) is 29.3 Å². The number of rotatable bonds is 8. The number of nitrogens with one attached hydrogen (secondary N) is 2. The van der Waals surface area contributed by atoms with Gasteiger partial charge < -0.3 is 24.8 Å². The van der Waals surface area contributed by atoms with Crippen LogP contribution in [0.1, 0.15) is 27.6 Å². The number of amides is 2. The van der Waals surface area contributed by atoms with Crippen molar-refractivity contribution in [2.24, 2.45) is 0 Å². The molecule has 1 aromatic carbocycles. The number of benzene rings is 1. The van der Waals surface area contributed by atoms with Crippen molar-refractivity contribution in [3.63, 3.8) is 0 Å². The van der Waals surface area contributed by atoms with Gasteiger partial charge in [-0.25, -0.2) is 9.59 Å². The maximum Gasteiger partial charge on any atom is 0.338 e. The molecule has 136 valence electrons. The third-order valence-corrected chi connectivity index (χ3v) is 2.94. The number of carbonyl (C=O) groups excluding carboxylic acids is 4. The fourth-order valence-electron chi connectivity index (χ4n) is 1.79. The average Bonchev–Trinajstić information content (AvgIpc) is 2.63. The second-order valence-corrected chi connectivity index (χ2v) is 4.75. The molecule has 0 aliphatic rings. The van der Waals surface area contributed by atoms with E-state index in [0.29, 0.717) is 6.54 Å². The van der Waals surface area contributed by atoms with Crippen molar-refractivity contribution in [2.45, 2.75) is 6.92 Å². The van der Waals surface area contributed by atoms with Gasteiger partial charge in [-0.1, -0.05) is 0 Å². The molecule has 0 fully saturated rings. The van der Waals surface area contributed by atoms with E-state index in [2.05, 4.69) is 20.1 Å². The van der Waals surface area contributed by atoms with Gasteiger partial charge in [-0.15, -0.1) is 0 Å². The van der Waals surface area contributed by atoms with Crippen molar-refractivity contribution in [2.75, 3.05) is 33.9 Å². The molecule has 9 heteroatoms. The van der Waals surface area contributed by atoms with E-state index in [-0.39, 0.29) is 29.3 Å². The minimum atomic E-state index is -0.670. The normalized spacial score (nSPS) is 9.72. The number of likely N-dealkylation sites (N-methyl/N-ethyl adjacent to an activating group) is 1. The number of hydrogen-bond acceptors (Lipinski definition) is 7. The number of methoxy groups -OCH3 is 2. The zero-order valence-corrected chi connectivity index (χ0v) is 14.2. The lowest BCUT2D eigenvalue weighted by Crippen LogP contribution is -2.38. The van der Waals surface area contributed by atoms with Gasteiger partial charge in [0.25, 0.3) is 5.91 Å². The molecule has 0 saturated heterocycles. The summed E-state index contributed by atoms with van der Waals surface area (Å²) >= 11 is 0. The monoisotopic (exact) mass is 352 g/mol. The highest BCUT2D eigenvalue weighted by Gasteiger charge is 2.15. The van der Waals surface area contributed by atoms with E-state index in [0.717, 1.165) is 0 Å². The molecule has 2 amide bonds. The van der Waals surface area contributed by atoms with Crippen LogP contribution in [0.5, 0.6) is 5.75 Å². The number of ether oxygens (including phenoxy) is 3. The Bertz CT molecular complexity index is 624. The first-order valence-electron chi connectivity index (χ1n) is 7.39. The van der Waals surface area contributed by atoms with Gasteiger partial charge in [0.15, 0.2) is 6.61 Å². The Morgan fingerprint density at radius 1 is 0.880 bits per heavy atom. The largest absolute Gasteiger partial charge is 0.484 e. The molecule has 0 aromatic heterocycles. The first kappa shape index (κ1) is 19.9. The molecular formula is C16H20N2O7. The van der Waals surface area contributed by atoms with Crippen LogP contribution >= 0.6 is 0 Å². The van der Waals surface area contributed by atoms with Crippen LogP contribution in [0, 0.1) is 0 Å². The zero-order chi connectivity index (χ0) is 18.8. The van der Waals surface area contributed by atoms with Crippen LogP contribution in [-0.4, -0.2) is 57.7 Å². The van der Waals surface area contributed by atoms with Crippen LogP contribution in [0.25, 0.3) is 0 Å². The molecule has 0 aliphatic heterocycles. The zero-order valence-electron chi connectivity index (χ0n) is 14.2. The van der Waals surface area contributed by atoms with E-state index >= 15 is 0 Å². The summed E-state index contributed by atoms with van der Waals surface area (Å²) in [5, 5.41) is 4.91. The molecule has 2 N–H and O–H groups in total. The second kappa shape index (κ2) is 9.91. The number of hydrogen-bond donors (Lipinski definition) is 2. The Morgan fingerprint density at radius 3 is 1.92 bits per heavy atom. The van der Waals surface area contributed by atoms with Gasteiger partial charge in [0.2, 0.25) is 5.91 Å². The first-order valence-corrected chi connectivity index (χ1v) is 7.39. The maximum atomic E-state index is 11.7. The lowest BCUT2D eigenvalue weighted by Gasteiger charge is -2.10. The molecule has 25 heavy (non-hydrogen) atoms. The van der Waals surface area contributed by atoms with E-state index in [1.165, 1.54) is 32.4 Å². The van der Waals surface area contributed by atoms with Crippen molar-refractivity contribution in [1.82, 2.24) is 10.6 Å². The topological polar surface area (TPSA) is 120 Å². The molecule has 1 rings (SSSR count). The Hall–Kier alpha value is -3.10. The van der Waals surface area contributed by atoms with E-state index in [4.69, 9.17) is 4.74 Å². The van der Waals surface area contributed by atoms with Crippen LogP contribution in [0.15, 0.2) is 18.2 Å². The molecule has 9 nitrogen and oxygen atoms in total. The predicted molar refractivity (Wildman–Crippen MR) is 86.3 cm³/mol. The van der Waals surface area contributed by atoms with E-state index in [1.807, 2.05) is 0 Å². The summed E-state index contributed by atoms with van der Waals surface area (Å²) < 4.78 is 14.5. The van der Waals surface area contributed by atoms with E-state index in [9.17, 15) is 19.2 Å². The highest BCUT2D eigenvalue weighted by atomic mass is 16.5. The highest BCUT2D eigenvalue weighted by Crippen LogP contribution is 2.19. The number of carbonyl (C=O) groups is 4. The lowest BCUT2D eigenvalue weighted by atomic mass is 10.1. The van der Waals surface area contributed by atoms with Crippen LogP contribution in [0.3, 0.4) is 0 Å². The summed E-state index contributed by atoms with van der Waals surface area (Å²) in [6.45, 7) is 1.65. The fraction of sp³-hybridized carbons (Fsp3) is 0.375. The standard InChI is InChI=1S/C16H20N2O7/c1-4-17-13(19)8-18-14(20)9-25-12-6-10(15(21)23-2)5-11(7-12)16(22)24-3/h5-7H,4,8-9H2,1-3H3,(H,17,19)(H,18,20). The molecular weight excluding hydrogens is 332 g/mol. The molecule has 0 heterocycles. The van der Waals surface area contributed by atoms with E-state index in [1.54, 1.807) is 6.92 Å². The van der Waals surface area contributed by atoms with Gasteiger partial charge in [0.05, 0.1) is 31.9 Å². The Kier molecular flexibility index (Phi) is 7.91. The summed E-state index contributed by atoms with van der Waals surface area (Å²) in [6.07, 6.45) is 0. The van der Waals surface area contributed by atoms with Gasteiger partial charge in [0, 0.05) is 6.54 Å². The smallest absolute Gasteiger partial charge is 0.338 e. The Balaban J connectivity index is 2.76. The van der Waals surface area contributed by atoms with Crippen LogP contribution in [0.2, 0.25) is 0 Å². The van der Waals surface area contributed by atoms with E-state index < -0.39 is 24.5 Å². The Morgan fingerprint density at radius 2 is 1.44 bits per heavy atom. The highest BCUT2D eigenvalue weighted by molar-refractivity contribution is 5.96. The van der Waals surface area contributed by atoms with Crippen LogP contribution in [0.4, 0.5) is 0 Å². The summed E-state index contributed by atoms with van der Waals surface area (Å²) in [7, 11) is 2.39. The quantitative estimate of drug-likeness (QED) is 0.626. The average molecular weight is 352 g/mol. The third kappa shape index (κ3) is 6.50. The van der Waals surface area contributed by atoms with Gasteiger partial charge in [-0.3, -0.25) is 9.59 Å². The summed E-state index contributed by atoms with van der Waals surface area (Å²) in [4.78, 5) is 46.2. The summed E-state index contributed by atoms with van der Waals surface area (Å²) in [5.41, 5.74) is 0.145. The molecule has 0 saturated carbocycles. The maximum absolute atomic E-state index is 11.7. The molecule has 0 bridgehead atoms. The van der Waals surface area contributed by atoms with Gasteiger partial charge in [0.1, 0.15) is 5.75 Å². The lowest BCUT2D eigenvalue weighted by molar-refractivity contribution is -0.127. The molecule has 0 spiro atoms. The molecule has 0 unspecified atom stereocenters. The van der Waals surface area contributed by atoms with Crippen molar-refractivity contribution in [1.29, 1.82) is 0 Å². The fourth-order valence-corrected chi connectivity index (χ4v) is 1.79. The van der Waals surface area contributed by atoms with Crippen molar-refractivity contribution < 1.29 is 33.4 Å². The molecule has 0 aliphatic carbocycles. The Labute approximate surface area is 144 Å². The number of esters is 2. The summed E-state index contributed by atoms with van der Waals surface area (Å²) in [6, 6.07) is 3.95. The third-order valence-electron chi connectivity index (χ3n) is 2.94. The van der Waals surface area contributed by atoms with Gasteiger partial charge in [-0.05, 0) is 25.1 Å². The van der Waals surface area contributed by atoms with Crippen LogP contribution < -0.4 is 15.4 Å². The first-order chi connectivity index (χ1) is 11.9. The SMILES string of the molecule is CCNC(=O)CNC(=O)COc1cc(C(=O)OC)cc(C(=O)OC)c1. The second-order valence-electron chi connectivity index (χ2n) is 4.75. The minimum absolute atomic E-state index is 0.0723. The predicted octanol–water partition coefficient (Wildman–Crippen LogP) is -0.109. The van der Waals surface area contributed by atoms with Gasteiger partial charge >= 0.3 is 11.9 Å². The molecule has 0 atom stereocenters. The van der Waals surface area contributed by atoms with Crippen molar-refractivity contribution in [3.8, 4) is 5.75 Å². The van der Waals surface area contributed by atoms with Crippen molar-refractivity contribution >= 4 is 23.8 Å². The minimum Gasteiger partial charge on any atom is -0.484 e. The van der Waals surface area contributed by atoms with Gasteiger partial charge in [-0.2, -0.15) is 0 Å².